The van der Waals surface area contributed by atoms with Crippen LogP contribution in [0.4, 0.5) is 0 Å². The van der Waals surface area contributed by atoms with Gasteiger partial charge in [0, 0.05) is 12.0 Å². The average Bonchev–Trinajstić information content (AvgIpc) is 2.62. The van der Waals surface area contributed by atoms with Crippen molar-refractivity contribution in [2.75, 3.05) is 0 Å². The van der Waals surface area contributed by atoms with Crippen LogP contribution in [0.15, 0.2) is 6.33 Å². The molecule has 0 aliphatic heterocycles. The van der Waals surface area contributed by atoms with Gasteiger partial charge >= 0.3 is 0 Å². The maximum Gasteiger partial charge on any atom is 0.220 e. The molecule has 0 fully saturated rings. The van der Waals surface area contributed by atoms with Crippen LogP contribution in [0.3, 0.4) is 0 Å². The number of rotatable bonds is 5. The molecule has 1 aromatic heterocycles. The van der Waals surface area contributed by atoms with Crippen molar-refractivity contribution in [3.05, 3.63) is 12.2 Å². The summed E-state index contributed by atoms with van der Waals surface area (Å²) in [6.07, 6.45) is 2.50. The van der Waals surface area contributed by atoms with Crippen LogP contribution >= 0.6 is 0 Å². The number of aromatic nitrogens is 3. The lowest BCUT2D eigenvalue weighted by atomic mass is 10.00. The Labute approximate surface area is 88.7 Å². The lowest BCUT2D eigenvalue weighted by Gasteiger charge is -2.17. The van der Waals surface area contributed by atoms with Crippen molar-refractivity contribution in [2.45, 2.75) is 38.8 Å². The first-order valence-electron chi connectivity index (χ1n) is 4.87. The second kappa shape index (κ2) is 4.88. The van der Waals surface area contributed by atoms with Crippen LogP contribution in [0.2, 0.25) is 0 Å². The summed E-state index contributed by atoms with van der Waals surface area (Å²) in [5.74, 6) is 0.625. The molecule has 6 heteroatoms. The smallest absolute Gasteiger partial charge is 0.220 e. The van der Waals surface area contributed by atoms with Gasteiger partial charge in [0.2, 0.25) is 5.91 Å². The van der Waals surface area contributed by atoms with Gasteiger partial charge in [-0.15, -0.1) is 0 Å². The molecule has 6 nitrogen and oxygen atoms in total. The molecule has 0 aromatic carbocycles. The maximum atomic E-state index is 11.4. The van der Waals surface area contributed by atoms with Crippen LogP contribution in [0.1, 0.15) is 32.5 Å². The number of carbonyl (C=O) groups is 1. The maximum absolute atomic E-state index is 11.4. The van der Waals surface area contributed by atoms with E-state index >= 15 is 0 Å². The molecule has 84 valence electrons. The second-order valence-electron chi connectivity index (χ2n) is 4.20. The molecule has 0 radical (unpaired) electrons. The Kier molecular flexibility index (Phi) is 3.79. The van der Waals surface area contributed by atoms with Gasteiger partial charge < -0.3 is 11.1 Å². The van der Waals surface area contributed by atoms with Crippen molar-refractivity contribution >= 4 is 5.91 Å². The van der Waals surface area contributed by atoms with Crippen LogP contribution in [0.5, 0.6) is 0 Å². The Morgan fingerprint density at radius 2 is 2.40 bits per heavy atom. The summed E-state index contributed by atoms with van der Waals surface area (Å²) in [5, 5.41) is 9.07. The van der Waals surface area contributed by atoms with Gasteiger partial charge in [0.25, 0.3) is 0 Å². The van der Waals surface area contributed by atoms with Crippen LogP contribution < -0.4 is 11.1 Å². The van der Waals surface area contributed by atoms with Crippen LogP contribution in [-0.4, -0.2) is 26.6 Å². The van der Waals surface area contributed by atoms with E-state index in [4.69, 9.17) is 5.73 Å². The number of carbonyl (C=O) groups excluding carboxylic acids is 1. The van der Waals surface area contributed by atoms with Crippen molar-refractivity contribution in [2.24, 2.45) is 5.73 Å². The largest absolute Gasteiger partial charge is 0.349 e. The van der Waals surface area contributed by atoms with E-state index in [9.17, 15) is 4.79 Å². The minimum atomic E-state index is -0.302. The molecule has 0 saturated heterocycles. The molecular formula is C9H17N5O. The molecule has 0 saturated carbocycles. The van der Waals surface area contributed by atoms with Crippen molar-refractivity contribution in [3.63, 3.8) is 0 Å². The van der Waals surface area contributed by atoms with Gasteiger partial charge in [-0.2, -0.15) is 5.10 Å². The predicted molar refractivity (Wildman–Crippen MR) is 55.7 cm³/mol. The number of hydrogen-bond acceptors (Lipinski definition) is 4. The van der Waals surface area contributed by atoms with Crippen LogP contribution in [0, 0.1) is 0 Å². The summed E-state index contributed by atoms with van der Waals surface area (Å²) >= 11 is 0. The van der Waals surface area contributed by atoms with E-state index in [1.807, 2.05) is 13.8 Å². The van der Waals surface area contributed by atoms with Crippen molar-refractivity contribution in [3.8, 4) is 0 Å². The summed E-state index contributed by atoms with van der Waals surface area (Å²) in [5.41, 5.74) is 5.46. The van der Waals surface area contributed by atoms with E-state index in [0.29, 0.717) is 25.2 Å². The lowest BCUT2D eigenvalue weighted by molar-refractivity contribution is -0.121. The van der Waals surface area contributed by atoms with Crippen molar-refractivity contribution in [1.29, 1.82) is 0 Å². The molecule has 4 N–H and O–H groups in total. The Morgan fingerprint density at radius 1 is 1.67 bits per heavy atom. The fraction of sp³-hybridized carbons (Fsp3) is 0.667. The Hall–Kier alpha value is -1.43. The highest BCUT2D eigenvalue weighted by molar-refractivity contribution is 5.75. The van der Waals surface area contributed by atoms with Gasteiger partial charge in [-0.3, -0.25) is 9.89 Å². The number of H-pyrrole nitrogens is 1. The number of nitrogens with two attached hydrogens (primary N) is 1. The third-order valence-corrected chi connectivity index (χ3v) is 1.91. The molecule has 0 spiro atoms. The van der Waals surface area contributed by atoms with Gasteiger partial charge in [0.05, 0.1) is 6.54 Å². The second-order valence-corrected chi connectivity index (χ2v) is 4.20. The van der Waals surface area contributed by atoms with Crippen molar-refractivity contribution < 1.29 is 4.79 Å². The van der Waals surface area contributed by atoms with E-state index in [2.05, 4.69) is 20.5 Å². The van der Waals surface area contributed by atoms with E-state index in [0.717, 1.165) is 0 Å². The van der Waals surface area contributed by atoms with E-state index in [1.165, 1.54) is 6.33 Å². The lowest BCUT2D eigenvalue weighted by Crippen LogP contribution is -2.34. The fourth-order valence-corrected chi connectivity index (χ4v) is 1.02. The first-order chi connectivity index (χ1) is 6.97. The summed E-state index contributed by atoms with van der Waals surface area (Å²) in [6.45, 7) is 4.18. The Morgan fingerprint density at radius 3 is 2.93 bits per heavy atom. The average molecular weight is 211 g/mol. The Bertz CT molecular complexity index is 301. The molecule has 1 heterocycles. The fourth-order valence-electron chi connectivity index (χ4n) is 1.02. The predicted octanol–water partition coefficient (Wildman–Crippen LogP) is -0.0616. The summed E-state index contributed by atoms with van der Waals surface area (Å²) in [4.78, 5) is 15.2. The molecule has 0 aliphatic rings. The Balaban J connectivity index is 2.20. The molecule has 15 heavy (non-hydrogen) atoms. The van der Waals surface area contributed by atoms with E-state index in [1.54, 1.807) is 0 Å². The minimum absolute atomic E-state index is 0.0232. The normalized spacial score (nSPS) is 11.4. The SMILES string of the molecule is CC(C)(N)CCC(=O)NCc1ncn[nH]1. The zero-order chi connectivity index (χ0) is 11.3. The van der Waals surface area contributed by atoms with Gasteiger partial charge in [-0.1, -0.05) is 0 Å². The molecule has 0 atom stereocenters. The van der Waals surface area contributed by atoms with Gasteiger partial charge in [-0.05, 0) is 20.3 Å². The molecular weight excluding hydrogens is 194 g/mol. The summed E-state index contributed by atoms with van der Waals surface area (Å²) < 4.78 is 0. The van der Waals surface area contributed by atoms with E-state index < -0.39 is 0 Å². The molecule has 1 amide bonds. The standard InChI is InChI=1S/C9H17N5O/c1-9(2,10)4-3-8(15)11-5-7-12-6-13-14-7/h6H,3-5,10H2,1-2H3,(H,11,15)(H,12,13,14). The van der Waals surface area contributed by atoms with Crippen molar-refractivity contribution in [1.82, 2.24) is 20.5 Å². The van der Waals surface area contributed by atoms with Crippen LogP contribution in [0.25, 0.3) is 0 Å². The molecule has 0 aliphatic carbocycles. The number of amides is 1. The summed E-state index contributed by atoms with van der Waals surface area (Å²) in [6, 6.07) is 0. The zero-order valence-electron chi connectivity index (χ0n) is 9.08. The highest BCUT2D eigenvalue weighted by Gasteiger charge is 2.13. The molecule has 0 bridgehead atoms. The topological polar surface area (TPSA) is 96.7 Å². The number of nitrogens with zero attached hydrogens (tertiary/aromatic N) is 2. The minimum Gasteiger partial charge on any atom is -0.349 e. The highest BCUT2D eigenvalue weighted by Crippen LogP contribution is 2.06. The van der Waals surface area contributed by atoms with Gasteiger partial charge in [0.15, 0.2) is 0 Å². The quantitative estimate of drug-likeness (QED) is 0.635. The van der Waals surface area contributed by atoms with Crippen LogP contribution in [-0.2, 0) is 11.3 Å². The molecule has 1 rings (SSSR count). The van der Waals surface area contributed by atoms with E-state index in [-0.39, 0.29) is 11.4 Å². The third kappa shape index (κ3) is 5.11. The third-order valence-electron chi connectivity index (χ3n) is 1.91. The van der Waals surface area contributed by atoms with Gasteiger partial charge in [-0.25, -0.2) is 4.98 Å². The molecule has 0 unspecified atom stereocenters. The monoisotopic (exact) mass is 211 g/mol. The zero-order valence-corrected chi connectivity index (χ0v) is 9.08. The highest BCUT2D eigenvalue weighted by atomic mass is 16.1. The summed E-state index contributed by atoms with van der Waals surface area (Å²) in [7, 11) is 0. The first kappa shape index (κ1) is 11.6. The molecule has 1 aromatic rings. The number of aromatic amines is 1. The first-order valence-corrected chi connectivity index (χ1v) is 4.87. The number of hydrogen-bond donors (Lipinski definition) is 3. The number of nitrogens with one attached hydrogen (secondary N) is 2. The van der Waals surface area contributed by atoms with Gasteiger partial charge in [0.1, 0.15) is 12.2 Å².